The first-order valence-corrected chi connectivity index (χ1v) is 14.2. The zero-order valence-corrected chi connectivity index (χ0v) is 23.7. The first-order valence-electron chi connectivity index (χ1n) is 12.7. The van der Waals surface area contributed by atoms with Crippen LogP contribution in [-0.2, 0) is 22.0 Å². The molecule has 39 heavy (non-hydrogen) atoms. The number of nitrogens with one attached hydrogen (secondary N) is 4. The normalized spacial score (nSPS) is 15.7. The number of carbonyl (C=O) groups excluding carboxylic acids is 1. The van der Waals surface area contributed by atoms with Crippen LogP contribution in [0, 0.1) is 0 Å². The van der Waals surface area contributed by atoms with Gasteiger partial charge in [-0.25, -0.2) is 13.1 Å². The van der Waals surface area contributed by atoms with Crippen molar-refractivity contribution in [3.63, 3.8) is 0 Å². The van der Waals surface area contributed by atoms with Gasteiger partial charge in [0.25, 0.3) is 5.91 Å². The number of benzene rings is 2. The third-order valence-electron chi connectivity index (χ3n) is 6.76. The number of aromatic nitrogens is 2. The Balaban J connectivity index is 1.57. The van der Waals surface area contributed by atoms with Gasteiger partial charge in [-0.1, -0.05) is 26.0 Å². The number of anilines is 5. The minimum absolute atomic E-state index is 0.0536. The van der Waals surface area contributed by atoms with Gasteiger partial charge in [-0.3, -0.25) is 4.79 Å². The van der Waals surface area contributed by atoms with Gasteiger partial charge in [-0.15, -0.1) is 0 Å². The van der Waals surface area contributed by atoms with Crippen LogP contribution < -0.4 is 25.4 Å². The van der Waals surface area contributed by atoms with Crippen molar-refractivity contribution in [3.8, 4) is 5.75 Å². The Morgan fingerprint density at radius 3 is 2.56 bits per heavy atom. The van der Waals surface area contributed by atoms with Crippen LogP contribution in [0.3, 0.4) is 0 Å². The van der Waals surface area contributed by atoms with Crippen LogP contribution >= 0.6 is 0 Å². The van der Waals surface area contributed by atoms with Crippen LogP contribution in [0.2, 0.25) is 0 Å². The van der Waals surface area contributed by atoms with E-state index in [2.05, 4.69) is 34.5 Å². The minimum Gasteiger partial charge on any atom is -0.495 e. The van der Waals surface area contributed by atoms with Gasteiger partial charge in [0, 0.05) is 42.7 Å². The lowest BCUT2D eigenvalue weighted by molar-refractivity contribution is 0.0816. The number of para-hydroxylation sites is 1. The Kier molecular flexibility index (Phi) is 6.63. The molecule has 0 aliphatic carbocycles. The Morgan fingerprint density at radius 1 is 1.10 bits per heavy atom. The molecule has 0 spiro atoms. The molecule has 3 aromatic rings. The molecule has 0 bridgehead atoms. The molecule has 2 aromatic carbocycles. The van der Waals surface area contributed by atoms with Crippen LogP contribution in [-0.4, -0.2) is 55.9 Å². The summed E-state index contributed by atoms with van der Waals surface area (Å²) in [5.74, 6) is 1.86. The Labute approximate surface area is 228 Å². The fourth-order valence-electron chi connectivity index (χ4n) is 4.95. The second-order valence-electron chi connectivity index (χ2n) is 10.7. The highest BCUT2D eigenvalue weighted by atomic mass is 32.2. The quantitative estimate of drug-likeness (QED) is 0.328. The first kappa shape index (κ1) is 26.7. The fourth-order valence-corrected chi connectivity index (χ4v) is 6.36. The van der Waals surface area contributed by atoms with Crippen molar-refractivity contribution in [2.75, 3.05) is 36.7 Å². The van der Waals surface area contributed by atoms with E-state index in [1.54, 1.807) is 63.2 Å². The number of methoxy groups -OCH3 is 1. The molecule has 206 valence electrons. The second-order valence-corrected chi connectivity index (χ2v) is 12.4. The molecule has 12 heteroatoms. The summed E-state index contributed by atoms with van der Waals surface area (Å²) in [6.45, 7) is 8.84. The molecule has 0 atom stereocenters. The first-order chi connectivity index (χ1) is 18.4. The molecule has 3 heterocycles. The predicted molar refractivity (Wildman–Crippen MR) is 151 cm³/mol. The van der Waals surface area contributed by atoms with Gasteiger partial charge < -0.3 is 25.6 Å². The number of fused-ring (bicyclic) bond motifs is 2. The number of nitrogens with zero attached hydrogens (tertiary/aromatic N) is 3. The van der Waals surface area contributed by atoms with Crippen LogP contribution in [0.1, 0.15) is 49.2 Å². The van der Waals surface area contributed by atoms with Gasteiger partial charge in [0.15, 0.2) is 0 Å². The monoisotopic (exact) mass is 551 g/mol. The van der Waals surface area contributed by atoms with Gasteiger partial charge in [-0.05, 0) is 43.7 Å². The summed E-state index contributed by atoms with van der Waals surface area (Å²) < 4.78 is 34.4. The van der Waals surface area contributed by atoms with Crippen molar-refractivity contribution in [2.24, 2.45) is 0 Å². The van der Waals surface area contributed by atoms with Crippen molar-refractivity contribution >= 4 is 44.9 Å². The molecule has 0 fully saturated rings. The number of sulfonamides is 1. The molecule has 2 aliphatic rings. The highest BCUT2D eigenvalue weighted by molar-refractivity contribution is 7.89. The molecular weight excluding hydrogens is 518 g/mol. The van der Waals surface area contributed by atoms with Gasteiger partial charge in [0.1, 0.15) is 22.3 Å². The van der Waals surface area contributed by atoms with E-state index in [4.69, 9.17) is 14.7 Å². The van der Waals surface area contributed by atoms with Gasteiger partial charge in [0.2, 0.25) is 16.0 Å². The van der Waals surface area contributed by atoms with E-state index in [0.29, 0.717) is 47.4 Å². The minimum atomic E-state index is -3.77. The maximum atomic E-state index is 13.1. The highest BCUT2D eigenvalue weighted by Crippen LogP contribution is 2.42. The summed E-state index contributed by atoms with van der Waals surface area (Å²) in [5.41, 5.74) is 3.04. The van der Waals surface area contributed by atoms with Crippen molar-refractivity contribution in [3.05, 3.63) is 53.1 Å². The molecular formula is C27H33N7O4S. The molecule has 11 nitrogen and oxygen atoms in total. The van der Waals surface area contributed by atoms with Gasteiger partial charge >= 0.3 is 0 Å². The summed E-state index contributed by atoms with van der Waals surface area (Å²) in [4.78, 5) is 23.7. The molecule has 4 N–H and O–H groups in total. The van der Waals surface area contributed by atoms with Crippen molar-refractivity contribution in [1.29, 1.82) is 0 Å². The van der Waals surface area contributed by atoms with Gasteiger partial charge in [0.05, 0.1) is 18.5 Å². The zero-order chi connectivity index (χ0) is 28.1. The molecule has 5 rings (SSSR count). The largest absolute Gasteiger partial charge is 0.495 e. The molecule has 0 unspecified atom stereocenters. The second kappa shape index (κ2) is 9.69. The Morgan fingerprint density at radius 2 is 1.85 bits per heavy atom. The number of ether oxygens (including phenoxy) is 1. The Hall–Kier alpha value is -3.90. The Bertz CT molecular complexity index is 1570. The average molecular weight is 552 g/mol. The smallest absolute Gasteiger partial charge is 0.254 e. The van der Waals surface area contributed by atoms with Crippen molar-refractivity contribution in [1.82, 2.24) is 19.6 Å². The molecule has 0 radical (unpaired) electrons. The number of amides is 1. The SMILES string of the molecule is COc1cc2c(cc1Nc1nc3c(c(Nc4ccccc4S(=O)(=O)NC(C)C)n1)C(C)(C)CN3)CN(C)C2=O. The summed E-state index contributed by atoms with van der Waals surface area (Å²) >= 11 is 0. The number of hydrogen-bond donors (Lipinski definition) is 4. The van der Waals surface area contributed by atoms with E-state index in [-0.39, 0.29) is 28.2 Å². The lowest BCUT2D eigenvalue weighted by atomic mass is 9.88. The van der Waals surface area contributed by atoms with E-state index >= 15 is 0 Å². The van der Waals surface area contributed by atoms with Crippen LogP contribution in [0.15, 0.2) is 41.3 Å². The molecule has 1 amide bonds. The fraction of sp³-hybridized carbons (Fsp3) is 0.370. The van der Waals surface area contributed by atoms with Crippen molar-refractivity contribution < 1.29 is 17.9 Å². The topological polar surface area (TPSA) is 138 Å². The van der Waals surface area contributed by atoms with Crippen LogP contribution in [0.5, 0.6) is 5.75 Å². The standard InChI is InChI=1S/C27H33N7O4S/c1-15(2)33-39(36,37)21-10-8-7-9-18(21)29-24-22-23(28-14-27(22,3)4)31-26(32-24)30-19-11-16-13-34(5)25(35)17(16)12-20(19)38-6/h7-12,15,33H,13-14H2,1-6H3,(H3,28,29,30,31,32). The highest BCUT2D eigenvalue weighted by Gasteiger charge is 2.36. The summed E-state index contributed by atoms with van der Waals surface area (Å²) in [6.07, 6.45) is 0. The number of carbonyl (C=O) groups is 1. The number of hydrogen-bond acceptors (Lipinski definition) is 9. The lowest BCUT2D eigenvalue weighted by Crippen LogP contribution is -2.30. The molecule has 1 aromatic heterocycles. The van der Waals surface area contributed by atoms with E-state index in [9.17, 15) is 13.2 Å². The third kappa shape index (κ3) is 4.97. The van der Waals surface area contributed by atoms with Crippen LogP contribution in [0.25, 0.3) is 0 Å². The average Bonchev–Trinajstić information content (AvgIpc) is 3.32. The molecule has 2 aliphatic heterocycles. The van der Waals surface area contributed by atoms with Crippen LogP contribution in [0.4, 0.5) is 29.0 Å². The molecule has 0 saturated carbocycles. The van der Waals surface area contributed by atoms with Crippen molar-refractivity contribution in [2.45, 2.75) is 50.6 Å². The summed E-state index contributed by atoms with van der Waals surface area (Å²) in [5, 5.41) is 9.88. The van der Waals surface area contributed by atoms with Gasteiger partial charge in [-0.2, -0.15) is 9.97 Å². The number of rotatable bonds is 8. The van der Waals surface area contributed by atoms with E-state index in [0.717, 1.165) is 11.1 Å². The maximum absolute atomic E-state index is 13.1. The zero-order valence-electron chi connectivity index (χ0n) is 22.8. The van der Waals surface area contributed by atoms with E-state index < -0.39 is 10.0 Å². The van der Waals surface area contributed by atoms with E-state index in [1.165, 1.54) is 0 Å². The lowest BCUT2D eigenvalue weighted by Gasteiger charge is -2.22. The van der Waals surface area contributed by atoms with E-state index in [1.807, 2.05) is 6.07 Å². The molecule has 0 saturated heterocycles. The summed E-state index contributed by atoms with van der Waals surface area (Å²) in [6, 6.07) is 10.1. The third-order valence-corrected chi connectivity index (χ3v) is 8.48. The maximum Gasteiger partial charge on any atom is 0.254 e. The predicted octanol–water partition coefficient (Wildman–Crippen LogP) is 3.95. The summed E-state index contributed by atoms with van der Waals surface area (Å²) in [7, 11) is -0.474.